The lowest BCUT2D eigenvalue weighted by Crippen LogP contribution is -2.61. The van der Waals surface area contributed by atoms with Gasteiger partial charge >= 0.3 is 36.5 Å². The molecule has 0 saturated heterocycles. The molecule has 0 saturated carbocycles. The van der Waals surface area contributed by atoms with E-state index >= 15 is 0 Å². The van der Waals surface area contributed by atoms with Gasteiger partial charge in [-0.1, -0.05) is 0 Å². The fourth-order valence-corrected chi connectivity index (χ4v) is 1.41. The maximum atomic E-state index is 13.2. The summed E-state index contributed by atoms with van der Waals surface area (Å²) in [5, 5.41) is 12.3. The highest BCUT2D eigenvalue weighted by atomic mass is 19.4. The molecular weight excluding hydrogens is 433 g/mol. The normalized spacial score (nSPS) is 14.9. The Bertz CT molecular complexity index is 546. The molecular formula is C11H13F11N2O4. The molecule has 1 N–H and O–H groups in total. The maximum absolute atomic E-state index is 13.2. The summed E-state index contributed by atoms with van der Waals surface area (Å²) in [6, 6.07) is 0. The van der Waals surface area contributed by atoms with Crippen molar-refractivity contribution in [1.29, 1.82) is 0 Å². The van der Waals surface area contributed by atoms with E-state index in [1.807, 2.05) is 0 Å². The van der Waals surface area contributed by atoms with Crippen molar-refractivity contribution in [2.24, 2.45) is 0 Å². The van der Waals surface area contributed by atoms with Crippen molar-refractivity contribution in [2.75, 3.05) is 27.2 Å². The van der Waals surface area contributed by atoms with Crippen LogP contribution in [0.25, 0.3) is 0 Å². The second-order valence-electron chi connectivity index (χ2n) is 5.68. The molecule has 28 heavy (non-hydrogen) atoms. The standard InChI is InChI=1S/C11H13F11N2O4/c1-24(2,26)5-3-4-23-6(25)7(12,13)27-9(16,17)8(14,15)10(18,19)28-11(20,21)22/h3-5H2,1-2H3,(H,23,25). The summed E-state index contributed by atoms with van der Waals surface area (Å²) in [5.74, 6) is -10.1. The Balaban J connectivity index is 5.19. The molecule has 0 aliphatic rings. The summed E-state index contributed by atoms with van der Waals surface area (Å²) >= 11 is 0. The van der Waals surface area contributed by atoms with Gasteiger partial charge in [0.1, 0.15) is 0 Å². The first-order valence-electron chi connectivity index (χ1n) is 6.85. The SMILES string of the molecule is C[N+](C)([O-])CCCNC(=O)C(F)(F)OC(F)(F)C(F)(F)C(F)(F)OC(F)(F)F. The summed E-state index contributed by atoms with van der Waals surface area (Å²) in [6.45, 7) is -1.01. The van der Waals surface area contributed by atoms with E-state index < -0.39 is 47.7 Å². The average molecular weight is 446 g/mol. The summed E-state index contributed by atoms with van der Waals surface area (Å²) in [5.41, 5.74) is 0. The van der Waals surface area contributed by atoms with Crippen LogP contribution < -0.4 is 5.32 Å². The number of carbonyl (C=O) groups excluding carboxylic acids is 1. The van der Waals surface area contributed by atoms with E-state index in [-0.39, 0.29) is 13.0 Å². The number of nitrogens with zero attached hydrogens (tertiary/aromatic N) is 1. The molecule has 0 rings (SSSR count). The second kappa shape index (κ2) is 8.11. The lowest BCUT2D eigenvalue weighted by molar-refractivity contribution is -0.840. The van der Waals surface area contributed by atoms with Gasteiger partial charge in [-0.15, -0.1) is 13.2 Å². The monoisotopic (exact) mass is 446 g/mol. The molecule has 17 heteroatoms. The number of rotatable bonds is 10. The zero-order valence-electron chi connectivity index (χ0n) is 13.9. The molecule has 0 aromatic rings. The molecule has 0 bridgehead atoms. The molecule has 0 radical (unpaired) electrons. The van der Waals surface area contributed by atoms with E-state index in [0.717, 1.165) is 14.1 Å². The van der Waals surface area contributed by atoms with Crippen molar-refractivity contribution in [1.82, 2.24) is 5.32 Å². The Hall–Kier alpha value is -1.46. The highest BCUT2D eigenvalue weighted by molar-refractivity contribution is 5.81. The van der Waals surface area contributed by atoms with Crippen molar-refractivity contribution in [3.63, 3.8) is 0 Å². The maximum Gasteiger partial charge on any atom is 0.527 e. The fourth-order valence-electron chi connectivity index (χ4n) is 1.41. The lowest BCUT2D eigenvalue weighted by atomic mass is 10.3. The molecule has 0 aliphatic heterocycles. The number of alkyl halides is 11. The van der Waals surface area contributed by atoms with Crippen LogP contribution in [0.15, 0.2) is 0 Å². The van der Waals surface area contributed by atoms with Crippen LogP contribution in [-0.2, 0) is 14.3 Å². The lowest BCUT2D eigenvalue weighted by Gasteiger charge is -2.34. The van der Waals surface area contributed by atoms with Gasteiger partial charge in [-0.2, -0.15) is 35.1 Å². The van der Waals surface area contributed by atoms with Crippen LogP contribution in [0.2, 0.25) is 0 Å². The quantitative estimate of drug-likeness (QED) is 0.243. The molecule has 168 valence electrons. The van der Waals surface area contributed by atoms with Crippen LogP contribution in [0.4, 0.5) is 48.3 Å². The van der Waals surface area contributed by atoms with Gasteiger partial charge in [0.15, 0.2) is 0 Å². The van der Waals surface area contributed by atoms with Crippen LogP contribution in [0, 0.1) is 5.21 Å². The zero-order chi connectivity index (χ0) is 22.8. The van der Waals surface area contributed by atoms with E-state index in [4.69, 9.17) is 0 Å². The number of amides is 1. The van der Waals surface area contributed by atoms with Crippen molar-refractivity contribution in [2.45, 2.75) is 37.0 Å². The average Bonchev–Trinajstić information content (AvgIpc) is 2.37. The number of nitrogens with one attached hydrogen (secondary N) is 1. The molecule has 1 amide bonds. The number of quaternary nitrogens is 1. The second-order valence-corrected chi connectivity index (χ2v) is 5.68. The Morgan fingerprint density at radius 1 is 0.893 bits per heavy atom. The topological polar surface area (TPSA) is 70.6 Å². The van der Waals surface area contributed by atoms with Gasteiger partial charge in [-0.25, -0.2) is 9.47 Å². The summed E-state index contributed by atoms with van der Waals surface area (Å²) < 4.78 is 142. The van der Waals surface area contributed by atoms with Crippen LogP contribution >= 0.6 is 0 Å². The zero-order valence-corrected chi connectivity index (χ0v) is 13.9. The van der Waals surface area contributed by atoms with Crippen molar-refractivity contribution < 1.29 is 67.2 Å². The van der Waals surface area contributed by atoms with Gasteiger partial charge in [0.2, 0.25) is 0 Å². The van der Waals surface area contributed by atoms with E-state index in [0.29, 0.717) is 0 Å². The minimum absolute atomic E-state index is 0.262. The predicted octanol–water partition coefficient (Wildman–Crippen LogP) is 3.03. The number of carbonyl (C=O) groups is 1. The highest BCUT2D eigenvalue weighted by Crippen LogP contribution is 2.50. The third-order valence-electron chi connectivity index (χ3n) is 2.65. The fraction of sp³-hybridized carbons (Fsp3) is 0.909. The van der Waals surface area contributed by atoms with Crippen molar-refractivity contribution in [3.8, 4) is 0 Å². The van der Waals surface area contributed by atoms with Gasteiger partial charge in [0.05, 0.1) is 20.6 Å². The van der Waals surface area contributed by atoms with Crippen LogP contribution in [-0.4, -0.2) is 68.3 Å². The highest BCUT2D eigenvalue weighted by Gasteiger charge is 2.78. The first-order valence-corrected chi connectivity index (χ1v) is 6.85. The summed E-state index contributed by atoms with van der Waals surface area (Å²) in [4.78, 5) is 11.0. The Kier molecular flexibility index (Phi) is 7.69. The van der Waals surface area contributed by atoms with Gasteiger partial charge in [-0.3, -0.25) is 4.79 Å². The van der Waals surface area contributed by atoms with Gasteiger partial charge in [0.25, 0.3) is 0 Å². The molecule has 0 atom stereocenters. The van der Waals surface area contributed by atoms with Gasteiger partial charge < -0.3 is 15.2 Å². The Labute approximate surface area is 149 Å². The minimum Gasteiger partial charge on any atom is -0.633 e. The number of hydroxylamine groups is 3. The smallest absolute Gasteiger partial charge is 0.527 e. The van der Waals surface area contributed by atoms with Crippen molar-refractivity contribution in [3.05, 3.63) is 5.21 Å². The first kappa shape index (κ1) is 26.5. The van der Waals surface area contributed by atoms with Crippen LogP contribution in [0.3, 0.4) is 0 Å². The number of halogens is 11. The summed E-state index contributed by atoms with van der Waals surface area (Å²) in [6.07, 6.45) is -26.7. The molecule has 0 aliphatic carbocycles. The summed E-state index contributed by atoms with van der Waals surface area (Å²) in [7, 11) is 2.23. The van der Waals surface area contributed by atoms with E-state index in [2.05, 4.69) is 4.74 Å². The molecule has 0 fully saturated rings. The van der Waals surface area contributed by atoms with Crippen LogP contribution in [0.1, 0.15) is 6.42 Å². The van der Waals surface area contributed by atoms with Crippen molar-refractivity contribution >= 4 is 5.91 Å². The van der Waals surface area contributed by atoms with E-state index in [9.17, 15) is 58.3 Å². The van der Waals surface area contributed by atoms with E-state index in [1.54, 1.807) is 4.74 Å². The molecule has 0 heterocycles. The molecule has 0 unspecified atom stereocenters. The first-order chi connectivity index (χ1) is 12.0. The third-order valence-corrected chi connectivity index (χ3v) is 2.65. The van der Waals surface area contributed by atoms with Crippen LogP contribution in [0.5, 0.6) is 0 Å². The third kappa shape index (κ3) is 7.51. The molecule has 0 spiro atoms. The molecule has 0 aromatic carbocycles. The molecule has 0 aromatic heterocycles. The van der Waals surface area contributed by atoms with Gasteiger partial charge in [-0.05, 0) is 0 Å². The Morgan fingerprint density at radius 3 is 1.71 bits per heavy atom. The minimum atomic E-state index is -7.26. The van der Waals surface area contributed by atoms with Gasteiger partial charge in [0, 0.05) is 13.0 Å². The number of ether oxygens (including phenoxy) is 2. The number of hydrogen-bond acceptors (Lipinski definition) is 4. The number of hydrogen-bond donors (Lipinski definition) is 1. The molecule has 6 nitrogen and oxygen atoms in total. The van der Waals surface area contributed by atoms with E-state index in [1.165, 1.54) is 5.32 Å². The largest absolute Gasteiger partial charge is 0.633 e. The predicted molar refractivity (Wildman–Crippen MR) is 66.0 cm³/mol. The Morgan fingerprint density at radius 2 is 1.32 bits per heavy atom.